The van der Waals surface area contributed by atoms with Gasteiger partial charge in [0, 0.05) is 18.0 Å². The number of nitrogens with zero attached hydrogens (tertiary/aromatic N) is 2. The van der Waals surface area contributed by atoms with E-state index in [1.165, 1.54) is 11.3 Å². The van der Waals surface area contributed by atoms with E-state index in [1.54, 1.807) is 12.4 Å². The van der Waals surface area contributed by atoms with Gasteiger partial charge in [-0.3, -0.25) is 9.78 Å². The van der Waals surface area contributed by atoms with E-state index in [2.05, 4.69) is 15.3 Å². The topological polar surface area (TPSA) is 54.9 Å². The highest BCUT2D eigenvalue weighted by molar-refractivity contribution is 7.19. The molecule has 0 bridgehead atoms. The van der Waals surface area contributed by atoms with Crippen molar-refractivity contribution < 1.29 is 4.79 Å². The molecular weight excluding hydrogens is 294 g/mol. The van der Waals surface area contributed by atoms with Crippen LogP contribution in [0.3, 0.4) is 0 Å². The standard InChI is InChI=1S/C17H15N3OS/c1-12-16(14-8-5-9-18-11-14)22-17(19-12)20-15(21)10-13-6-3-2-4-7-13/h2-9,11H,10H2,1H3,(H,19,20,21). The SMILES string of the molecule is Cc1nc(NC(=O)Cc2ccccc2)sc1-c1cccnc1. The Morgan fingerprint density at radius 3 is 2.73 bits per heavy atom. The second-order valence-corrected chi connectivity index (χ2v) is 5.88. The van der Waals surface area contributed by atoms with Crippen LogP contribution in [0, 0.1) is 6.92 Å². The molecule has 3 aromatic rings. The lowest BCUT2D eigenvalue weighted by Gasteiger charge is -2.01. The molecule has 1 N–H and O–H groups in total. The summed E-state index contributed by atoms with van der Waals surface area (Å²) in [7, 11) is 0. The molecule has 0 saturated heterocycles. The van der Waals surface area contributed by atoms with Gasteiger partial charge in [-0.05, 0) is 18.6 Å². The Bertz CT molecular complexity index is 769. The lowest BCUT2D eigenvalue weighted by Crippen LogP contribution is -2.14. The molecule has 2 heterocycles. The Hall–Kier alpha value is -2.53. The maximum absolute atomic E-state index is 12.1. The first-order chi connectivity index (χ1) is 10.7. The van der Waals surface area contributed by atoms with Gasteiger partial charge >= 0.3 is 0 Å². The number of aryl methyl sites for hydroxylation is 1. The summed E-state index contributed by atoms with van der Waals surface area (Å²) >= 11 is 1.47. The number of pyridine rings is 1. The number of benzene rings is 1. The van der Waals surface area contributed by atoms with Crippen molar-refractivity contribution in [3.63, 3.8) is 0 Å². The minimum atomic E-state index is -0.0577. The van der Waals surface area contributed by atoms with Crippen LogP contribution in [0.1, 0.15) is 11.3 Å². The smallest absolute Gasteiger partial charge is 0.230 e. The number of aromatic nitrogens is 2. The summed E-state index contributed by atoms with van der Waals surface area (Å²) in [6.45, 7) is 1.94. The van der Waals surface area contributed by atoms with E-state index < -0.39 is 0 Å². The maximum Gasteiger partial charge on any atom is 0.230 e. The summed E-state index contributed by atoms with van der Waals surface area (Å²) < 4.78 is 0. The maximum atomic E-state index is 12.1. The Morgan fingerprint density at radius 1 is 1.18 bits per heavy atom. The molecule has 0 spiro atoms. The highest BCUT2D eigenvalue weighted by Gasteiger charge is 2.12. The first-order valence-corrected chi connectivity index (χ1v) is 7.75. The number of nitrogens with one attached hydrogen (secondary N) is 1. The highest BCUT2D eigenvalue weighted by Crippen LogP contribution is 2.32. The Balaban J connectivity index is 1.73. The predicted octanol–water partition coefficient (Wildman–Crippen LogP) is 3.69. The molecule has 3 rings (SSSR count). The zero-order valence-electron chi connectivity index (χ0n) is 12.1. The first kappa shape index (κ1) is 14.4. The van der Waals surface area contributed by atoms with Gasteiger partial charge in [0.15, 0.2) is 5.13 Å². The summed E-state index contributed by atoms with van der Waals surface area (Å²) in [5.41, 5.74) is 2.90. The number of thiazole rings is 1. The number of amides is 1. The van der Waals surface area contributed by atoms with Crippen molar-refractivity contribution in [1.82, 2.24) is 9.97 Å². The molecule has 0 radical (unpaired) electrons. The van der Waals surface area contributed by atoms with Crippen molar-refractivity contribution in [2.45, 2.75) is 13.3 Å². The van der Waals surface area contributed by atoms with E-state index in [9.17, 15) is 4.79 Å². The van der Waals surface area contributed by atoms with E-state index in [-0.39, 0.29) is 5.91 Å². The molecule has 4 nitrogen and oxygen atoms in total. The van der Waals surface area contributed by atoms with Crippen LogP contribution < -0.4 is 5.32 Å². The summed E-state index contributed by atoms with van der Waals surface area (Å²) in [6, 6.07) is 13.5. The Labute approximate surface area is 132 Å². The van der Waals surface area contributed by atoms with Crippen molar-refractivity contribution in [1.29, 1.82) is 0 Å². The quantitative estimate of drug-likeness (QED) is 0.799. The van der Waals surface area contributed by atoms with Crippen LogP contribution in [0.4, 0.5) is 5.13 Å². The molecule has 1 aromatic carbocycles. The van der Waals surface area contributed by atoms with Crippen molar-refractivity contribution >= 4 is 22.4 Å². The number of hydrogen-bond acceptors (Lipinski definition) is 4. The Kier molecular flexibility index (Phi) is 4.25. The monoisotopic (exact) mass is 309 g/mol. The number of carbonyl (C=O) groups excluding carboxylic acids is 1. The van der Waals surface area contributed by atoms with Gasteiger partial charge in [0.05, 0.1) is 17.0 Å². The second-order valence-electron chi connectivity index (χ2n) is 4.89. The number of anilines is 1. The van der Waals surface area contributed by atoms with Crippen molar-refractivity contribution in [2.24, 2.45) is 0 Å². The molecule has 0 aliphatic heterocycles. The number of rotatable bonds is 4. The molecule has 22 heavy (non-hydrogen) atoms. The van der Waals surface area contributed by atoms with E-state index in [1.807, 2.05) is 49.4 Å². The van der Waals surface area contributed by atoms with Crippen molar-refractivity contribution in [2.75, 3.05) is 5.32 Å². The van der Waals surface area contributed by atoms with Crippen LogP contribution >= 0.6 is 11.3 Å². The molecular formula is C17H15N3OS. The van der Waals surface area contributed by atoms with Gasteiger partial charge in [-0.2, -0.15) is 0 Å². The van der Waals surface area contributed by atoms with Crippen LogP contribution in [-0.4, -0.2) is 15.9 Å². The molecule has 5 heteroatoms. The zero-order chi connectivity index (χ0) is 15.4. The Morgan fingerprint density at radius 2 is 2.00 bits per heavy atom. The lowest BCUT2D eigenvalue weighted by molar-refractivity contribution is -0.115. The molecule has 2 aromatic heterocycles. The van der Waals surface area contributed by atoms with Crippen LogP contribution in [0.2, 0.25) is 0 Å². The first-order valence-electron chi connectivity index (χ1n) is 6.94. The van der Waals surface area contributed by atoms with Crippen LogP contribution in [0.25, 0.3) is 10.4 Å². The third-order valence-electron chi connectivity index (χ3n) is 3.17. The van der Waals surface area contributed by atoms with E-state index in [0.29, 0.717) is 11.6 Å². The van der Waals surface area contributed by atoms with Crippen molar-refractivity contribution in [3.8, 4) is 10.4 Å². The minimum Gasteiger partial charge on any atom is -0.302 e. The van der Waals surface area contributed by atoms with Gasteiger partial charge < -0.3 is 5.32 Å². The number of hydrogen-bond donors (Lipinski definition) is 1. The summed E-state index contributed by atoms with van der Waals surface area (Å²) in [5, 5.41) is 3.49. The van der Waals surface area contributed by atoms with Crippen LogP contribution in [0.5, 0.6) is 0 Å². The van der Waals surface area contributed by atoms with Gasteiger partial charge in [0.2, 0.25) is 5.91 Å². The fourth-order valence-corrected chi connectivity index (χ4v) is 3.13. The van der Waals surface area contributed by atoms with Gasteiger partial charge in [-0.1, -0.05) is 47.7 Å². The molecule has 1 amide bonds. The third-order valence-corrected chi connectivity index (χ3v) is 4.30. The summed E-state index contributed by atoms with van der Waals surface area (Å²) in [5.74, 6) is -0.0577. The average molecular weight is 309 g/mol. The van der Waals surface area contributed by atoms with Gasteiger partial charge in [-0.15, -0.1) is 0 Å². The molecule has 110 valence electrons. The summed E-state index contributed by atoms with van der Waals surface area (Å²) in [4.78, 5) is 21.7. The van der Waals surface area contributed by atoms with Gasteiger partial charge in [-0.25, -0.2) is 4.98 Å². The third kappa shape index (κ3) is 3.38. The van der Waals surface area contributed by atoms with E-state index in [0.717, 1.165) is 21.7 Å². The van der Waals surface area contributed by atoms with E-state index >= 15 is 0 Å². The molecule has 0 aliphatic carbocycles. The second kappa shape index (κ2) is 6.49. The molecule has 0 fully saturated rings. The van der Waals surface area contributed by atoms with E-state index in [4.69, 9.17) is 0 Å². The normalized spacial score (nSPS) is 10.4. The average Bonchev–Trinajstić information content (AvgIpc) is 2.89. The number of carbonyl (C=O) groups is 1. The molecule has 0 saturated carbocycles. The lowest BCUT2D eigenvalue weighted by atomic mass is 10.1. The summed E-state index contributed by atoms with van der Waals surface area (Å²) in [6.07, 6.45) is 3.89. The fourth-order valence-electron chi connectivity index (χ4n) is 2.16. The molecule has 0 atom stereocenters. The fraction of sp³-hybridized carbons (Fsp3) is 0.118. The van der Waals surface area contributed by atoms with Gasteiger partial charge in [0.25, 0.3) is 0 Å². The minimum absolute atomic E-state index is 0.0577. The highest BCUT2D eigenvalue weighted by atomic mass is 32.1. The zero-order valence-corrected chi connectivity index (χ0v) is 12.9. The predicted molar refractivity (Wildman–Crippen MR) is 88.9 cm³/mol. The molecule has 0 aliphatic rings. The molecule has 0 unspecified atom stereocenters. The van der Waals surface area contributed by atoms with Crippen molar-refractivity contribution in [3.05, 3.63) is 66.1 Å². The van der Waals surface area contributed by atoms with Crippen LogP contribution in [0.15, 0.2) is 54.9 Å². The van der Waals surface area contributed by atoms with Crippen LogP contribution in [-0.2, 0) is 11.2 Å². The van der Waals surface area contributed by atoms with Gasteiger partial charge in [0.1, 0.15) is 0 Å². The largest absolute Gasteiger partial charge is 0.302 e.